The van der Waals surface area contributed by atoms with Crippen LogP contribution in [0.1, 0.15) is 5.56 Å². The van der Waals surface area contributed by atoms with Crippen molar-refractivity contribution >= 4 is 33.2 Å². The Morgan fingerprint density at radius 2 is 1.64 bits per heavy atom. The summed E-state index contributed by atoms with van der Waals surface area (Å²) in [6.45, 7) is 0.380. The Balaban J connectivity index is 1.85. The van der Waals surface area contributed by atoms with Crippen molar-refractivity contribution < 1.29 is 22.0 Å². The lowest BCUT2D eigenvalue weighted by Crippen LogP contribution is -2.30. The summed E-state index contributed by atoms with van der Waals surface area (Å²) in [5.41, 5.74) is 1.29. The molecule has 2 N–H and O–H groups in total. The molecule has 2 aromatic rings. The van der Waals surface area contributed by atoms with E-state index in [4.69, 9.17) is 11.6 Å². The molecule has 2 rings (SSSR count). The highest BCUT2D eigenvalue weighted by atomic mass is 35.5. The van der Waals surface area contributed by atoms with E-state index >= 15 is 0 Å². The topological polar surface area (TPSA) is 75.3 Å². The number of hydrogen-bond acceptors (Lipinski definition) is 3. The molecular formula is C16H15ClF2N2O3S. The normalized spacial score (nSPS) is 11.4. The first kappa shape index (κ1) is 19.1. The molecule has 2 amide bonds. The molecule has 0 aromatic heterocycles. The van der Waals surface area contributed by atoms with Crippen LogP contribution >= 0.6 is 11.6 Å². The summed E-state index contributed by atoms with van der Waals surface area (Å²) in [6, 6.07) is 11.3. The molecule has 0 aliphatic carbocycles. The van der Waals surface area contributed by atoms with Gasteiger partial charge in [0.2, 0.25) is 9.84 Å². The number of urea groups is 1. The summed E-state index contributed by atoms with van der Waals surface area (Å²) in [6.07, 6.45) is 0.607. The minimum atomic E-state index is -4.64. The third kappa shape index (κ3) is 5.40. The fourth-order valence-corrected chi connectivity index (χ4v) is 2.82. The highest BCUT2D eigenvalue weighted by Gasteiger charge is 2.26. The Morgan fingerprint density at radius 3 is 2.20 bits per heavy atom. The molecule has 0 saturated carbocycles. The lowest BCUT2D eigenvalue weighted by molar-refractivity contribution is 0.234. The Hall–Kier alpha value is -2.19. The van der Waals surface area contributed by atoms with Crippen LogP contribution in [-0.4, -0.2) is 26.8 Å². The molecule has 0 spiro atoms. The molecule has 5 nitrogen and oxygen atoms in total. The quantitative estimate of drug-likeness (QED) is 0.792. The molecule has 25 heavy (non-hydrogen) atoms. The van der Waals surface area contributed by atoms with E-state index in [0.29, 0.717) is 18.0 Å². The number of sulfone groups is 1. The molecule has 0 fully saturated rings. The second-order valence-corrected chi connectivity index (χ2v) is 7.44. The van der Waals surface area contributed by atoms with Crippen LogP contribution in [0.4, 0.5) is 19.3 Å². The Kier molecular flexibility index (Phi) is 6.33. The van der Waals surface area contributed by atoms with E-state index in [1.165, 1.54) is 12.1 Å². The molecule has 0 heterocycles. The number of carbonyl (C=O) groups excluding carboxylic acids is 1. The first-order valence-electron chi connectivity index (χ1n) is 7.20. The van der Waals surface area contributed by atoms with Gasteiger partial charge in [0.25, 0.3) is 0 Å². The van der Waals surface area contributed by atoms with Crippen LogP contribution < -0.4 is 10.6 Å². The minimum Gasteiger partial charge on any atom is -0.338 e. The maximum atomic E-state index is 12.4. The zero-order chi connectivity index (χ0) is 18.4. The lowest BCUT2D eigenvalue weighted by atomic mass is 10.1. The van der Waals surface area contributed by atoms with Crippen molar-refractivity contribution in [3.63, 3.8) is 0 Å². The summed E-state index contributed by atoms with van der Waals surface area (Å²) >= 11 is 5.78. The summed E-state index contributed by atoms with van der Waals surface area (Å²) in [5.74, 6) is -3.48. The average molecular weight is 389 g/mol. The smallest absolute Gasteiger partial charge is 0.338 e. The van der Waals surface area contributed by atoms with E-state index in [-0.39, 0.29) is 5.69 Å². The number of hydrogen-bond donors (Lipinski definition) is 2. The zero-order valence-corrected chi connectivity index (χ0v) is 14.4. The molecule has 9 heteroatoms. The number of anilines is 1. The van der Waals surface area contributed by atoms with Crippen molar-refractivity contribution in [2.24, 2.45) is 0 Å². The fourth-order valence-electron chi connectivity index (χ4n) is 1.98. The maximum absolute atomic E-state index is 12.4. The minimum absolute atomic E-state index is 0.289. The van der Waals surface area contributed by atoms with Crippen LogP contribution in [-0.2, 0) is 16.3 Å². The predicted molar refractivity (Wildman–Crippen MR) is 91.8 cm³/mol. The SMILES string of the molecule is O=C(NCCc1ccc(Cl)cc1)Nc1ccc(S(=O)(=O)C(F)F)cc1. The van der Waals surface area contributed by atoms with Crippen LogP contribution in [0.3, 0.4) is 0 Å². The number of alkyl halides is 2. The Morgan fingerprint density at radius 1 is 1.04 bits per heavy atom. The van der Waals surface area contributed by atoms with E-state index in [1.807, 2.05) is 12.1 Å². The monoisotopic (exact) mass is 388 g/mol. The van der Waals surface area contributed by atoms with Gasteiger partial charge in [0.1, 0.15) is 0 Å². The third-order valence-corrected chi connectivity index (χ3v) is 4.94. The van der Waals surface area contributed by atoms with Crippen molar-refractivity contribution in [1.29, 1.82) is 0 Å². The van der Waals surface area contributed by atoms with Crippen LogP contribution in [0.15, 0.2) is 53.4 Å². The molecule has 0 atom stereocenters. The van der Waals surface area contributed by atoms with Crippen molar-refractivity contribution in [1.82, 2.24) is 5.32 Å². The molecule has 0 aliphatic rings. The van der Waals surface area contributed by atoms with E-state index < -0.39 is 26.5 Å². The first-order chi connectivity index (χ1) is 11.8. The molecular weight excluding hydrogens is 374 g/mol. The van der Waals surface area contributed by atoms with Crippen molar-refractivity contribution in [2.75, 3.05) is 11.9 Å². The zero-order valence-electron chi connectivity index (χ0n) is 12.9. The summed E-state index contributed by atoms with van der Waals surface area (Å²) in [4.78, 5) is 11.3. The molecule has 2 aromatic carbocycles. The highest BCUT2D eigenvalue weighted by molar-refractivity contribution is 7.91. The molecule has 134 valence electrons. The molecule has 0 radical (unpaired) electrons. The van der Waals surface area contributed by atoms with Crippen molar-refractivity contribution in [3.8, 4) is 0 Å². The molecule has 0 aliphatic heterocycles. The number of benzene rings is 2. The van der Waals surface area contributed by atoms with Gasteiger partial charge in [-0.15, -0.1) is 0 Å². The van der Waals surface area contributed by atoms with Gasteiger partial charge >= 0.3 is 11.8 Å². The second kappa shape index (κ2) is 8.26. The lowest BCUT2D eigenvalue weighted by Gasteiger charge is -2.09. The average Bonchev–Trinajstić information content (AvgIpc) is 2.57. The third-order valence-electron chi connectivity index (χ3n) is 3.29. The van der Waals surface area contributed by atoms with Gasteiger partial charge < -0.3 is 10.6 Å². The van der Waals surface area contributed by atoms with Crippen LogP contribution in [0.2, 0.25) is 5.02 Å². The van der Waals surface area contributed by atoms with Gasteiger partial charge in [0.15, 0.2) is 0 Å². The van der Waals surface area contributed by atoms with Gasteiger partial charge in [0, 0.05) is 17.3 Å². The Labute approximate surface area is 148 Å². The van der Waals surface area contributed by atoms with Gasteiger partial charge in [0.05, 0.1) is 4.90 Å². The Bertz CT molecular complexity index is 825. The highest BCUT2D eigenvalue weighted by Crippen LogP contribution is 2.20. The standard InChI is InChI=1S/C16H15ClF2N2O3S/c17-12-3-1-11(2-4-12)9-10-20-16(22)21-13-5-7-14(8-6-13)25(23,24)15(18)19/h1-8,15H,9-10H2,(H2,20,21,22). The maximum Gasteiger partial charge on any atom is 0.341 e. The summed E-state index contributed by atoms with van der Waals surface area (Å²) < 4.78 is 47.5. The number of nitrogens with one attached hydrogen (secondary N) is 2. The van der Waals surface area contributed by atoms with Crippen LogP contribution in [0.5, 0.6) is 0 Å². The van der Waals surface area contributed by atoms with Gasteiger partial charge in [-0.25, -0.2) is 13.2 Å². The van der Waals surface area contributed by atoms with Gasteiger partial charge in [-0.2, -0.15) is 8.78 Å². The number of rotatable bonds is 6. The molecule has 0 saturated heterocycles. The second-order valence-electron chi connectivity index (χ2n) is 5.09. The van der Waals surface area contributed by atoms with E-state index in [0.717, 1.165) is 17.7 Å². The molecule has 0 bridgehead atoms. The van der Waals surface area contributed by atoms with Crippen molar-refractivity contribution in [3.05, 3.63) is 59.1 Å². The fraction of sp³-hybridized carbons (Fsp3) is 0.188. The summed E-state index contributed by atoms with van der Waals surface area (Å²) in [7, 11) is -4.64. The summed E-state index contributed by atoms with van der Waals surface area (Å²) in [5, 5.41) is 5.76. The first-order valence-corrected chi connectivity index (χ1v) is 9.13. The van der Waals surface area contributed by atoms with E-state index in [1.54, 1.807) is 12.1 Å². The predicted octanol–water partition coefficient (Wildman–Crippen LogP) is 3.70. The van der Waals surface area contributed by atoms with Gasteiger partial charge in [-0.3, -0.25) is 0 Å². The van der Waals surface area contributed by atoms with Crippen LogP contribution in [0.25, 0.3) is 0 Å². The number of carbonyl (C=O) groups is 1. The van der Waals surface area contributed by atoms with E-state index in [9.17, 15) is 22.0 Å². The largest absolute Gasteiger partial charge is 0.341 e. The van der Waals surface area contributed by atoms with Crippen molar-refractivity contribution in [2.45, 2.75) is 17.1 Å². The van der Waals surface area contributed by atoms with Gasteiger partial charge in [-0.05, 0) is 48.4 Å². The van der Waals surface area contributed by atoms with Gasteiger partial charge in [-0.1, -0.05) is 23.7 Å². The molecule has 0 unspecified atom stereocenters. The van der Waals surface area contributed by atoms with E-state index in [2.05, 4.69) is 10.6 Å². The number of halogens is 3. The van der Waals surface area contributed by atoms with Crippen LogP contribution in [0, 0.1) is 0 Å². The number of amides is 2.